The Kier molecular flexibility index (Phi) is 7.35. The highest BCUT2D eigenvalue weighted by Gasteiger charge is 2.17. The molecule has 1 aromatic heterocycles. The van der Waals surface area contributed by atoms with Gasteiger partial charge in [0.1, 0.15) is 0 Å². The third-order valence-corrected chi connectivity index (χ3v) is 6.67. The van der Waals surface area contributed by atoms with Crippen molar-refractivity contribution in [2.75, 3.05) is 26.2 Å². The van der Waals surface area contributed by atoms with Crippen molar-refractivity contribution >= 4 is 22.7 Å². The molecule has 0 aliphatic carbocycles. The second-order valence-electron chi connectivity index (χ2n) is 8.54. The van der Waals surface area contributed by atoms with Gasteiger partial charge in [-0.3, -0.25) is 9.59 Å². The van der Waals surface area contributed by atoms with Crippen LogP contribution >= 0.6 is 0 Å². The Hall–Kier alpha value is -3.86. The smallest absolute Gasteiger partial charge is 0.253 e. The Morgan fingerprint density at radius 2 is 1.14 bits per heavy atom. The minimum atomic E-state index is 0.0471. The second-order valence-corrected chi connectivity index (χ2v) is 8.54. The van der Waals surface area contributed by atoms with E-state index in [9.17, 15) is 9.59 Å². The summed E-state index contributed by atoms with van der Waals surface area (Å²) in [4.78, 5) is 32.9. The highest BCUT2D eigenvalue weighted by Crippen LogP contribution is 2.35. The molecule has 180 valence electrons. The van der Waals surface area contributed by atoms with Crippen LogP contribution in [0.15, 0.2) is 72.9 Å². The van der Waals surface area contributed by atoms with Crippen LogP contribution in [0.4, 0.5) is 0 Å². The van der Waals surface area contributed by atoms with Gasteiger partial charge in [0.2, 0.25) is 0 Å². The molecule has 1 heterocycles. The molecule has 35 heavy (non-hydrogen) atoms. The number of rotatable bonds is 8. The molecular weight excluding hydrogens is 434 g/mol. The van der Waals surface area contributed by atoms with Gasteiger partial charge in [-0.25, -0.2) is 0 Å². The number of fused-ring (bicyclic) bond motifs is 1. The van der Waals surface area contributed by atoms with Crippen LogP contribution < -0.4 is 0 Å². The predicted octanol–water partition coefficient (Wildman–Crippen LogP) is 6.47. The molecule has 0 atom stereocenters. The van der Waals surface area contributed by atoms with E-state index >= 15 is 0 Å². The van der Waals surface area contributed by atoms with Crippen molar-refractivity contribution in [1.29, 1.82) is 0 Å². The Balaban J connectivity index is 1.75. The molecule has 4 aromatic rings. The number of carbonyl (C=O) groups excluding carboxylic acids is 2. The van der Waals surface area contributed by atoms with Crippen molar-refractivity contribution in [3.63, 3.8) is 0 Å². The first-order valence-corrected chi connectivity index (χ1v) is 12.4. The van der Waals surface area contributed by atoms with Gasteiger partial charge in [-0.15, -0.1) is 0 Å². The van der Waals surface area contributed by atoms with Gasteiger partial charge in [0.05, 0.1) is 5.52 Å². The number of hydrogen-bond donors (Lipinski definition) is 1. The molecule has 5 heteroatoms. The van der Waals surface area contributed by atoms with E-state index in [1.807, 2.05) is 92.2 Å². The Bertz CT molecular complexity index is 1250. The fourth-order valence-corrected chi connectivity index (χ4v) is 4.68. The number of nitrogens with one attached hydrogen (secondary N) is 1. The SMILES string of the molecule is CCN(CC)C(=O)c1cccc(-c2ccc(-c3cccc(C(=O)N(CC)CC)c3)c3[nH]ccc23)c1. The summed E-state index contributed by atoms with van der Waals surface area (Å²) in [6.45, 7) is 10.7. The molecular formula is C30H33N3O2. The lowest BCUT2D eigenvalue weighted by Gasteiger charge is -2.19. The summed E-state index contributed by atoms with van der Waals surface area (Å²) in [5.41, 5.74) is 6.50. The van der Waals surface area contributed by atoms with E-state index in [1.54, 1.807) is 0 Å². The van der Waals surface area contributed by atoms with Gasteiger partial charge in [-0.2, -0.15) is 0 Å². The highest BCUT2D eigenvalue weighted by atomic mass is 16.2. The minimum absolute atomic E-state index is 0.0471. The Morgan fingerprint density at radius 3 is 1.66 bits per heavy atom. The molecule has 4 rings (SSSR count). The average Bonchev–Trinajstić information content (AvgIpc) is 3.39. The first-order valence-electron chi connectivity index (χ1n) is 12.4. The molecule has 0 aliphatic heterocycles. The normalized spacial score (nSPS) is 11.0. The molecule has 0 saturated heterocycles. The Labute approximate surface area is 207 Å². The van der Waals surface area contributed by atoms with Crippen LogP contribution in [-0.2, 0) is 0 Å². The summed E-state index contributed by atoms with van der Waals surface area (Å²) < 4.78 is 0. The van der Waals surface area contributed by atoms with Crippen LogP contribution in [0.3, 0.4) is 0 Å². The number of carbonyl (C=O) groups is 2. The molecule has 0 unspecified atom stereocenters. The molecule has 5 nitrogen and oxygen atoms in total. The number of benzene rings is 3. The van der Waals surface area contributed by atoms with Gasteiger partial charge in [0.25, 0.3) is 11.8 Å². The third kappa shape index (κ3) is 4.72. The largest absolute Gasteiger partial charge is 0.361 e. The van der Waals surface area contributed by atoms with E-state index in [0.717, 1.165) is 33.2 Å². The molecule has 3 aromatic carbocycles. The monoisotopic (exact) mass is 467 g/mol. The predicted molar refractivity (Wildman–Crippen MR) is 144 cm³/mol. The van der Waals surface area contributed by atoms with Gasteiger partial charge in [-0.05, 0) is 74.7 Å². The van der Waals surface area contributed by atoms with Crippen molar-refractivity contribution in [1.82, 2.24) is 14.8 Å². The molecule has 0 radical (unpaired) electrons. The van der Waals surface area contributed by atoms with Crippen molar-refractivity contribution < 1.29 is 9.59 Å². The first-order chi connectivity index (χ1) is 17.0. The van der Waals surface area contributed by atoms with Gasteiger partial charge < -0.3 is 14.8 Å². The fraction of sp³-hybridized carbons (Fsp3) is 0.267. The van der Waals surface area contributed by atoms with E-state index in [1.165, 1.54) is 0 Å². The van der Waals surface area contributed by atoms with Crippen LogP contribution in [0.2, 0.25) is 0 Å². The summed E-state index contributed by atoms with van der Waals surface area (Å²) in [7, 11) is 0. The van der Waals surface area contributed by atoms with Crippen LogP contribution in [0.5, 0.6) is 0 Å². The lowest BCUT2D eigenvalue weighted by molar-refractivity contribution is 0.0765. The quantitative estimate of drug-likeness (QED) is 0.323. The average molecular weight is 468 g/mol. The fourth-order valence-electron chi connectivity index (χ4n) is 4.68. The van der Waals surface area contributed by atoms with Crippen LogP contribution in [0.25, 0.3) is 33.2 Å². The van der Waals surface area contributed by atoms with Crippen molar-refractivity contribution in [3.8, 4) is 22.3 Å². The maximum absolute atomic E-state index is 12.9. The zero-order valence-electron chi connectivity index (χ0n) is 21.0. The third-order valence-electron chi connectivity index (χ3n) is 6.67. The summed E-state index contributed by atoms with van der Waals surface area (Å²) in [5.74, 6) is 0.0966. The number of hydrogen-bond acceptors (Lipinski definition) is 2. The van der Waals surface area contributed by atoms with E-state index < -0.39 is 0 Å². The summed E-state index contributed by atoms with van der Waals surface area (Å²) in [5, 5.41) is 1.08. The molecule has 0 saturated carbocycles. The van der Waals surface area contributed by atoms with Gasteiger partial charge >= 0.3 is 0 Å². The maximum Gasteiger partial charge on any atom is 0.253 e. The second kappa shape index (κ2) is 10.6. The van der Waals surface area contributed by atoms with Crippen LogP contribution in [0, 0.1) is 0 Å². The standard InChI is InChI=1S/C30H33N3O2/c1-5-32(6-2)29(34)23-13-9-11-21(19-23)25-15-16-26(28-27(25)17-18-31-28)22-12-10-14-24(20-22)30(35)33(7-3)8-4/h9-20,31H,5-8H2,1-4H3. The van der Waals surface area contributed by atoms with Gasteiger partial charge in [0, 0.05) is 54.5 Å². The van der Waals surface area contributed by atoms with E-state index in [2.05, 4.69) is 23.2 Å². The molecule has 0 aliphatic rings. The number of aromatic amines is 1. The molecule has 1 N–H and O–H groups in total. The minimum Gasteiger partial charge on any atom is -0.361 e. The van der Waals surface area contributed by atoms with Crippen LogP contribution in [0.1, 0.15) is 48.4 Å². The lowest BCUT2D eigenvalue weighted by atomic mass is 9.94. The van der Waals surface area contributed by atoms with Crippen molar-refractivity contribution in [2.24, 2.45) is 0 Å². The van der Waals surface area contributed by atoms with Crippen molar-refractivity contribution in [3.05, 3.63) is 84.1 Å². The first kappa shape index (κ1) is 24.3. The molecule has 0 spiro atoms. The highest BCUT2D eigenvalue weighted by molar-refractivity contribution is 6.05. The lowest BCUT2D eigenvalue weighted by Crippen LogP contribution is -2.30. The van der Waals surface area contributed by atoms with E-state index in [0.29, 0.717) is 37.3 Å². The number of nitrogens with zero attached hydrogens (tertiary/aromatic N) is 2. The summed E-state index contributed by atoms with van der Waals surface area (Å²) >= 11 is 0. The summed E-state index contributed by atoms with van der Waals surface area (Å²) in [6, 6.07) is 21.9. The maximum atomic E-state index is 12.9. The van der Waals surface area contributed by atoms with Crippen molar-refractivity contribution in [2.45, 2.75) is 27.7 Å². The zero-order chi connectivity index (χ0) is 24.9. The number of amides is 2. The Morgan fingerprint density at radius 1 is 0.657 bits per heavy atom. The topological polar surface area (TPSA) is 56.4 Å². The van der Waals surface area contributed by atoms with E-state index in [-0.39, 0.29) is 11.8 Å². The zero-order valence-corrected chi connectivity index (χ0v) is 21.0. The number of aromatic nitrogens is 1. The molecule has 0 bridgehead atoms. The number of H-pyrrole nitrogens is 1. The molecule has 0 fully saturated rings. The van der Waals surface area contributed by atoms with Gasteiger partial charge in [-0.1, -0.05) is 36.4 Å². The van der Waals surface area contributed by atoms with Gasteiger partial charge in [0.15, 0.2) is 0 Å². The van der Waals surface area contributed by atoms with Crippen LogP contribution in [-0.4, -0.2) is 52.8 Å². The van der Waals surface area contributed by atoms with E-state index in [4.69, 9.17) is 0 Å². The molecule has 2 amide bonds. The summed E-state index contributed by atoms with van der Waals surface area (Å²) in [6.07, 6.45) is 1.94.